The monoisotopic (exact) mass is 317 g/mol. The van der Waals surface area contributed by atoms with E-state index in [0.29, 0.717) is 19.4 Å². The minimum absolute atomic E-state index is 0.213. The predicted molar refractivity (Wildman–Crippen MR) is 79.5 cm³/mol. The highest BCUT2D eigenvalue weighted by Gasteiger charge is 2.48. The second-order valence-electron chi connectivity index (χ2n) is 5.56. The van der Waals surface area contributed by atoms with E-state index >= 15 is 0 Å². The molecule has 1 heterocycles. The van der Waals surface area contributed by atoms with Gasteiger partial charge in [-0.3, -0.25) is 9.59 Å². The van der Waals surface area contributed by atoms with Gasteiger partial charge in [0, 0.05) is 19.2 Å². The molecule has 2 N–H and O–H groups in total. The van der Waals surface area contributed by atoms with Gasteiger partial charge in [0.25, 0.3) is 0 Å². The molecule has 2 atom stereocenters. The first-order valence-corrected chi connectivity index (χ1v) is 7.35. The highest BCUT2D eigenvalue weighted by molar-refractivity contribution is 5.89. The van der Waals surface area contributed by atoms with Gasteiger partial charge in [0.1, 0.15) is 5.82 Å². The number of halogens is 1. The van der Waals surface area contributed by atoms with Gasteiger partial charge in [0.15, 0.2) is 0 Å². The Morgan fingerprint density at radius 3 is 2.65 bits per heavy atom. The number of carboxylic acids is 1. The molecule has 3 rings (SSSR count). The van der Waals surface area contributed by atoms with Crippen molar-refractivity contribution in [2.24, 2.45) is 11.8 Å². The van der Waals surface area contributed by atoms with Crippen molar-refractivity contribution in [2.75, 3.05) is 6.54 Å². The average molecular weight is 317 g/mol. The van der Waals surface area contributed by atoms with Crippen molar-refractivity contribution in [3.63, 3.8) is 0 Å². The fourth-order valence-electron chi connectivity index (χ4n) is 2.44. The van der Waals surface area contributed by atoms with Crippen LogP contribution in [0.15, 0.2) is 36.5 Å². The van der Waals surface area contributed by atoms with Crippen molar-refractivity contribution in [3.05, 3.63) is 48.0 Å². The number of aromatic nitrogens is 2. The number of carbonyl (C=O) groups is 2. The first-order valence-electron chi connectivity index (χ1n) is 7.35. The maximum Gasteiger partial charge on any atom is 0.307 e. The van der Waals surface area contributed by atoms with Crippen molar-refractivity contribution >= 4 is 11.9 Å². The Bertz CT molecular complexity index is 726. The van der Waals surface area contributed by atoms with Crippen molar-refractivity contribution in [2.45, 2.75) is 12.8 Å². The van der Waals surface area contributed by atoms with Crippen LogP contribution in [0.25, 0.3) is 5.69 Å². The Kier molecular flexibility index (Phi) is 4.10. The lowest BCUT2D eigenvalue weighted by atomic mass is 10.3. The largest absolute Gasteiger partial charge is 0.481 e. The lowest BCUT2D eigenvalue weighted by Crippen LogP contribution is -2.28. The van der Waals surface area contributed by atoms with E-state index in [-0.39, 0.29) is 11.7 Å². The average Bonchev–Trinajstić information content (AvgIpc) is 3.21. The Morgan fingerprint density at radius 1 is 1.26 bits per heavy atom. The van der Waals surface area contributed by atoms with Gasteiger partial charge in [-0.25, -0.2) is 9.07 Å². The van der Waals surface area contributed by atoms with Crippen molar-refractivity contribution in [3.8, 4) is 5.69 Å². The Balaban J connectivity index is 1.49. The van der Waals surface area contributed by atoms with Crippen LogP contribution in [0.1, 0.15) is 12.1 Å². The summed E-state index contributed by atoms with van der Waals surface area (Å²) in [6.45, 7) is 0.405. The molecular formula is C16H16FN3O3. The number of hydrogen-bond donors (Lipinski definition) is 2. The van der Waals surface area contributed by atoms with Crippen LogP contribution in [-0.2, 0) is 16.0 Å². The van der Waals surface area contributed by atoms with E-state index in [0.717, 1.165) is 11.4 Å². The molecule has 1 fully saturated rings. The highest BCUT2D eigenvalue weighted by atomic mass is 19.1. The van der Waals surface area contributed by atoms with Crippen LogP contribution >= 0.6 is 0 Å². The van der Waals surface area contributed by atoms with E-state index in [1.165, 1.54) is 12.1 Å². The minimum atomic E-state index is -0.914. The molecule has 1 aromatic carbocycles. The molecule has 7 heteroatoms. The number of hydrogen-bond acceptors (Lipinski definition) is 3. The van der Waals surface area contributed by atoms with E-state index in [1.54, 1.807) is 23.0 Å². The lowest BCUT2D eigenvalue weighted by molar-refractivity contribution is -0.140. The van der Waals surface area contributed by atoms with Gasteiger partial charge in [-0.1, -0.05) is 0 Å². The number of nitrogens with zero attached hydrogens (tertiary/aromatic N) is 2. The van der Waals surface area contributed by atoms with Crippen molar-refractivity contribution < 1.29 is 19.1 Å². The summed E-state index contributed by atoms with van der Waals surface area (Å²) in [5, 5.41) is 15.9. The summed E-state index contributed by atoms with van der Waals surface area (Å²) in [4.78, 5) is 22.4. The van der Waals surface area contributed by atoms with Crippen LogP contribution in [0.2, 0.25) is 0 Å². The number of rotatable bonds is 6. The molecule has 1 aromatic heterocycles. The Hall–Kier alpha value is -2.70. The highest BCUT2D eigenvalue weighted by Crippen LogP contribution is 2.38. The van der Waals surface area contributed by atoms with Gasteiger partial charge in [-0.05, 0) is 36.8 Å². The molecule has 1 saturated carbocycles. The van der Waals surface area contributed by atoms with Gasteiger partial charge in [-0.2, -0.15) is 5.10 Å². The summed E-state index contributed by atoms with van der Waals surface area (Å²) < 4.78 is 14.5. The number of benzene rings is 1. The zero-order valence-electron chi connectivity index (χ0n) is 12.3. The molecule has 1 amide bonds. The van der Waals surface area contributed by atoms with E-state index in [9.17, 15) is 14.0 Å². The number of amides is 1. The third kappa shape index (κ3) is 3.56. The molecular weight excluding hydrogens is 301 g/mol. The Labute approximate surface area is 131 Å². The maximum atomic E-state index is 12.9. The Morgan fingerprint density at radius 2 is 2.00 bits per heavy atom. The molecule has 0 radical (unpaired) electrons. The molecule has 0 unspecified atom stereocenters. The first-order chi connectivity index (χ1) is 11.0. The molecule has 0 aliphatic heterocycles. The fraction of sp³-hybridized carbons (Fsp3) is 0.312. The summed E-state index contributed by atoms with van der Waals surface area (Å²) in [6.07, 6.45) is 2.73. The van der Waals surface area contributed by atoms with Crippen LogP contribution in [0.5, 0.6) is 0 Å². The second kappa shape index (κ2) is 6.20. The van der Waals surface area contributed by atoms with Gasteiger partial charge in [0.2, 0.25) is 5.91 Å². The molecule has 6 nitrogen and oxygen atoms in total. The van der Waals surface area contributed by atoms with Gasteiger partial charge < -0.3 is 10.4 Å². The maximum absolute atomic E-state index is 12.9. The lowest BCUT2D eigenvalue weighted by Gasteiger charge is -2.03. The molecule has 0 bridgehead atoms. The number of aliphatic carboxylic acids is 1. The molecule has 120 valence electrons. The summed E-state index contributed by atoms with van der Waals surface area (Å²) in [5.74, 6) is -2.36. The van der Waals surface area contributed by atoms with Crippen LogP contribution < -0.4 is 5.32 Å². The van der Waals surface area contributed by atoms with Gasteiger partial charge in [-0.15, -0.1) is 0 Å². The molecule has 1 aliphatic rings. The van der Waals surface area contributed by atoms with E-state index in [4.69, 9.17) is 5.11 Å². The van der Waals surface area contributed by atoms with Crippen LogP contribution in [0, 0.1) is 17.7 Å². The molecule has 2 aromatic rings. The molecule has 0 spiro atoms. The first kappa shape index (κ1) is 15.2. The summed E-state index contributed by atoms with van der Waals surface area (Å²) in [5.41, 5.74) is 1.55. The second-order valence-corrected chi connectivity index (χ2v) is 5.56. The summed E-state index contributed by atoms with van der Waals surface area (Å²) in [7, 11) is 0. The smallest absolute Gasteiger partial charge is 0.307 e. The SMILES string of the molecule is O=C(O)[C@@H]1C[C@H]1C(=O)NCCc1ccn(-c2ccc(F)cc2)n1. The van der Waals surface area contributed by atoms with Crippen molar-refractivity contribution in [1.82, 2.24) is 15.1 Å². The van der Waals surface area contributed by atoms with E-state index in [2.05, 4.69) is 10.4 Å². The van der Waals surface area contributed by atoms with Crippen molar-refractivity contribution in [1.29, 1.82) is 0 Å². The standard InChI is InChI=1S/C16H16FN3O3/c17-10-1-3-12(4-2-10)20-8-6-11(19-20)5-7-18-15(21)13-9-14(13)16(22)23/h1-4,6,8,13-14H,5,7,9H2,(H,18,21)(H,22,23)/t13-,14-/m1/s1. The normalized spacial score (nSPS) is 19.3. The van der Waals surface area contributed by atoms with Crippen LogP contribution in [0.3, 0.4) is 0 Å². The van der Waals surface area contributed by atoms with Crippen LogP contribution in [0.4, 0.5) is 4.39 Å². The third-order valence-electron chi connectivity index (χ3n) is 3.86. The summed E-state index contributed by atoms with van der Waals surface area (Å²) in [6, 6.07) is 7.82. The van der Waals surface area contributed by atoms with E-state index in [1.807, 2.05) is 6.07 Å². The van der Waals surface area contributed by atoms with Gasteiger partial charge in [0.05, 0.1) is 23.2 Å². The van der Waals surface area contributed by atoms with Crippen LogP contribution in [-0.4, -0.2) is 33.3 Å². The molecule has 1 aliphatic carbocycles. The molecule has 23 heavy (non-hydrogen) atoms. The topological polar surface area (TPSA) is 84.2 Å². The number of nitrogens with one attached hydrogen (secondary N) is 1. The summed E-state index contributed by atoms with van der Waals surface area (Å²) >= 11 is 0. The third-order valence-corrected chi connectivity index (χ3v) is 3.86. The molecule has 0 saturated heterocycles. The van der Waals surface area contributed by atoms with E-state index < -0.39 is 17.8 Å². The number of carbonyl (C=O) groups excluding carboxylic acids is 1. The zero-order chi connectivity index (χ0) is 16.4. The zero-order valence-corrected chi connectivity index (χ0v) is 12.3. The fourth-order valence-corrected chi connectivity index (χ4v) is 2.44. The van der Waals surface area contributed by atoms with Gasteiger partial charge >= 0.3 is 5.97 Å². The minimum Gasteiger partial charge on any atom is -0.481 e. The number of carboxylic acid groups (broad SMARTS) is 1. The predicted octanol–water partition coefficient (Wildman–Crippen LogP) is 1.39. The quantitative estimate of drug-likeness (QED) is 0.843.